The minimum Gasteiger partial charge on any atom is -0.507 e. The number of aromatic hydroxyl groups is 1. The normalized spacial score (nSPS) is 24.6. The number of nitrogens with one attached hydrogen (secondary N) is 1. The molecule has 0 unspecified atom stereocenters. The number of carboxylic acids is 1. The molecule has 3 N–H and O–H groups in total. The van der Waals surface area contributed by atoms with Gasteiger partial charge in [-0.15, -0.1) is 11.8 Å². The minimum atomic E-state index is -0.826. The number of benzene rings is 1. The maximum absolute atomic E-state index is 10.8. The molecular weight excluding hydrogens is 294 g/mol. The first-order chi connectivity index (χ1) is 7.58. The van der Waals surface area contributed by atoms with Crippen LogP contribution in [0.3, 0.4) is 0 Å². The Morgan fingerprint density at radius 2 is 2.31 bits per heavy atom. The third-order valence-corrected chi connectivity index (χ3v) is 4.26. The number of carboxylic acid groups (broad SMARTS) is 1. The zero-order chi connectivity index (χ0) is 11.7. The number of phenolic OH excluding ortho intramolecular Hbond substituents is 1. The van der Waals surface area contributed by atoms with E-state index >= 15 is 0 Å². The van der Waals surface area contributed by atoms with Crippen LogP contribution >= 0.6 is 27.7 Å². The van der Waals surface area contributed by atoms with Crippen molar-refractivity contribution in [3.8, 4) is 5.75 Å². The number of hydrogen-bond donors (Lipinski definition) is 3. The summed E-state index contributed by atoms with van der Waals surface area (Å²) in [6, 6.07) is 4.68. The summed E-state index contributed by atoms with van der Waals surface area (Å²) in [7, 11) is 0. The van der Waals surface area contributed by atoms with E-state index in [1.807, 2.05) is 0 Å². The second-order valence-electron chi connectivity index (χ2n) is 3.48. The topological polar surface area (TPSA) is 69.6 Å². The van der Waals surface area contributed by atoms with Gasteiger partial charge in [0.05, 0.1) is 9.85 Å². The van der Waals surface area contributed by atoms with Crippen LogP contribution in [-0.2, 0) is 4.79 Å². The number of thioether (sulfide) groups is 1. The molecule has 0 radical (unpaired) electrons. The molecule has 1 aliphatic heterocycles. The average molecular weight is 304 g/mol. The molecule has 0 saturated carbocycles. The number of carbonyl (C=O) groups is 1. The maximum atomic E-state index is 10.8. The number of phenols is 1. The third kappa shape index (κ3) is 2.34. The number of hydrogen-bond acceptors (Lipinski definition) is 4. The molecule has 1 aromatic carbocycles. The second kappa shape index (κ2) is 4.65. The van der Waals surface area contributed by atoms with Crippen molar-refractivity contribution in [1.29, 1.82) is 0 Å². The predicted molar refractivity (Wildman–Crippen MR) is 65.6 cm³/mol. The Labute approximate surface area is 105 Å². The fourth-order valence-corrected chi connectivity index (χ4v) is 3.11. The van der Waals surface area contributed by atoms with E-state index in [0.29, 0.717) is 10.2 Å². The summed E-state index contributed by atoms with van der Waals surface area (Å²) in [6.45, 7) is 0. The van der Waals surface area contributed by atoms with Crippen molar-refractivity contribution >= 4 is 33.7 Å². The molecule has 2 rings (SSSR count). The summed E-state index contributed by atoms with van der Waals surface area (Å²) < 4.78 is 0.617. The molecule has 0 bridgehead atoms. The molecule has 2 atom stereocenters. The Morgan fingerprint density at radius 1 is 1.56 bits per heavy atom. The molecule has 1 aliphatic rings. The van der Waals surface area contributed by atoms with E-state index in [4.69, 9.17) is 5.11 Å². The highest BCUT2D eigenvalue weighted by molar-refractivity contribution is 9.10. The summed E-state index contributed by atoms with van der Waals surface area (Å²) in [4.78, 5) is 10.8. The molecule has 0 amide bonds. The lowest BCUT2D eigenvalue weighted by molar-refractivity contribution is -0.138. The molecule has 1 aromatic rings. The highest BCUT2D eigenvalue weighted by Crippen LogP contribution is 2.35. The first-order valence-corrected chi connectivity index (χ1v) is 6.51. The Kier molecular flexibility index (Phi) is 3.41. The van der Waals surface area contributed by atoms with Gasteiger partial charge in [0.15, 0.2) is 0 Å². The SMILES string of the molecule is O=C(O)[C@H]1CS[C@@H](c2ccc(O)c(Br)c2)N1. The van der Waals surface area contributed by atoms with Crippen molar-refractivity contribution in [1.82, 2.24) is 5.32 Å². The van der Waals surface area contributed by atoms with Gasteiger partial charge < -0.3 is 10.2 Å². The van der Waals surface area contributed by atoms with Gasteiger partial charge in [0, 0.05) is 5.75 Å². The molecule has 0 aromatic heterocycles. The van der Waals surface area contributed by atoms with Crippen LogP contribution in [0.2, 0.25) is 0 Å². The predicted octanol–water partition coefficient (Wildman–Crippen LogP) is 1.94. The number of rotatable bonds is 2. The van der Waals surface area contributed by atoms with Crippen LogP contribution in [0, 0.1) is 0 Å². The molecule has 4 nitrogen and oxygen atoms in total. The van der Waals surface area contributed by atoms with Gasteiger partial charge in [0.1, 0.15) is 11.8 Å². The Morgan fingerprint density at radius 3 is 2.88 bits per heavy atom. The molecule has 6 heteroatoms. The van der Waals surface area contributed by atoms with Gasteiger partial charge in [-0.1, -0.05) is 6.07 Å². The second-order valence-corrected chi connectivity index (χ2v) is 5.47. The van der Waals surface area contributed by atoms with Gasteiger partial charge in [0.25, 0.3) is 0 Å². The first-order valence-electron chi connectivity index (χ1n) is 4.67. The van der Waals surface area contributed by atoms with Crippen LogP contribution < -0.4 is 5.32 Å². The van der Waals surface area contributed by atoms with Crippen LogP contribution in [0.1, 0.15) is 10.9 Å². The van der Waals surface area contributed by atoms with Gasteiger partial charge in [-0.25, -0.2) is 0 Å². The van der Waals surface area contributed by atoms with Crippen LogP contribution in [-0.4, -0.2) is 28.0 Å². The molecule has 16 heavy (non-hydrogen) atoms. The average Bonchev–Trinajstić information content (AvgIpc) is 2.71. The van der Waals surface area contributed by atoms with Crippen LogP contribution in [0.25, 0.3) is 0 Å². The summed E-state index contributed by atoms with van der Waals surface area (Å²) in [5.41, 5.74) is 0.957. The quantitative estimate of drug-likeness (QED) is 0.779. The summed E-state index contributed by atoms with van der Waals surface area (Å²) >= 11 is 4.79. The molecule has 0 spiro atoms. The lowest BCUT2D eigenvalue weighted by atomic mass is 10.2. The standard InChI is InChI=1S/C10H10BrNO3S/c11-6-3-5(1-2-8(6)13)9-12-7(4-16-9)10(14)15/h1-3,7,9,12-13H,4H2,(H,14,15)/t7-,9+/m1/s1. The molecule has 86 valence electrons. The van der Waals surface area contributed by atoms with Crippen molar-refractivity contribution in [2.75, 3.05) is 5.75 Å². The molecule has 1 heterocycles. The van der Waals surface area contributed by atoms with E-state index in [-0.39, 0.29) is 11.1 Å². The van der Waals surface area contributed by atoms with Gasteiger partial charge in [0.2, 0.25) is 0 Å². The highest BCUT2D eigenvalue weighted by atomic mass is 79.9. The number of aliphatic carboxylic acids is 1. The molecular formula is C10H10BrNO3S. The van der Waals surface area contributed by atoms with Crippen molar-refractivity contribution in [2.24, 2.45) is 0 Å². The van der Waals surface area contributed by atoms with E-state index in [0.717, 1.165) is 5.56 Å². The van der Waals surface area contributed by atoms with Crippen molar-refractivity contribution in [3.63, 3.8) is 0 Å². The smallest absolute Gasteiger partial charge is 0.321 e. The number of halogens is 1. The van der Waals surface area contributed by atoms with Crippen LogP contribution in [0.5, 0.6) is 5.75 Å². The van der Waals surface area contributed by atoms with E-state index in [2.05, 4.69) is 21.2 Å². The summed E-state index contributed by atoms with van der Waals surface area (Å²) in [5.74, 6) is -0.0900. The Bertz CT molecular complexity index is 427. The van der Waals surface area contributed by atoms with Gasteiger partial charge in [-0.2, -0.15) is 0 Å². The van der Waals surface area contributed by atoms with Gasteiger partial charge >= 0.3 is 5.97 Å². The summed E-state index contributed by atoms with van der Waals surface area (Å²) in [5, 5.41) is 21.2. The van der Waals surface area contributed by atoms with Crippen LogP contribution in [0.4, 0.5) is 0 Å². The fourth-order valence-electron chi connectivity index (χ4n) is 1.49. The monoisotopic (exact) mass is 303 g/mol. The Balaban J connectivity index is 2.14. The third-order valence-electron chi connectivity index (χ3n) is 2.35. The van der Waals surface area contributed by atoms with Crippen molar-refractivity contribution < 1.29 is 15.0 Å². The van der Waals surface area contributed by atoms with Crippen LogP contribution in [0.15, 0.2) is 22.7 Å². The summed E-state index contributed by atoms with van der Waals surface area (Å²) in [6.07, 6.45) is 0. The van der Waals surface area contributed by atoms with E-state index in [1.54, 1.807) is 30.0 Å². The van der Waals surface area contributed by atoms with E-state index in [9.17, 15) is 9.90 Å². The molecule has 0 aliphatic carbocycles. The highest BCUT2D eigenvalue weighted by Gasteiger charge is 2.30. The maximum Gasteiger partial charge on any atom is 0.321 e. The van der Waals surface area contributed by atoms with E-state index < -0.39 is 12.0 Å². The first kappa shape index (κ1) is 11.8. The lowest BCUT2D eigenvalue weighted by Crippen LogP contribution is -2.33. The minimum absolute atomic E-state index is 0.0296. The van der Waals surface area contributed by atoms with Gasteiger partial charge in [-0.3, -0.25) is 10.1 Å². The fraction of sp³-hybridized carbons (Fsp3) is 0.300. The molecule has 1 fully saturated rings. The zero-order valence-corrected chi connectivity index (χ0v) is 10.6. The van der Waals surface area contributed by atoms with Crippen molar-refractivity contribution in [2.45, 2.75) is 11.4 Å². The van der Waals surface area contributed by atoms with Crippen molar-refractivity contribution in [3.05, 3.63) is 28.2 Å². The largest absolute Gasteiger partial charge is 0.507 e. The zero-order valence-electron chi connectivity index (χ0n) is 8.18. The lowest BCUT2D eigenvalue weighted by Gasteiger charge is -2.12. The van der Waals surface area contributed by atoms with Gasteiger partial charge in [-0.05, 0) is 33.6 Å². The van der Waals surface area contributed by atoms with E-state index in [1.165, 1.54) is 0 Å². The molecule has 1 saturated heterocycles. The Hall–Kier alpha value is -0.720.